The molecule has 2 fully saturated rings. The van der Waals surface area contributed by atoms with Crippen molar-refractivity contribution < 1.29 is 9.59 Å². The number of aromatic amines is 1. The summed E-state index contributed by atoms with van der Waals surface area (Å²) in [7, 11) is 0. The van der Waals surface area contributed by atoms with Crippen molar-refractivity contribution in [1.29, 1.82) is 0 Å². The molecule has 2 aromatic carbocycles. The number of hydrogen-bond donors (Lipinski definition) is 2. The third kappa shape index (κ3) is 4.33. The third-order valence-corrected chi connectivity index (χ3v) is 6.74. The summed E-state index contributed by atoms with van der Waals surface area (Å²) in [6.07, 6.45) is 5.49. The molecule has 1 aromatic heterocycles. The van der Waals surface area contributed by atoms with Crippen LogP contribution in [-0.2, 0) is 16.0 Å². The van der Waals surface area contributed by atoms with Gasteiger partial charge in [0.25, 0.3) is 0 Å². The number of H-pyrrole nitrogens is 1. The minimum absolute atomic E-state index is 0.0748. The highest BCUT2D eigenvalue weighted by atomic mass is 16.2. The predicted octanol–water partition coefficient (Wildman–Crippen LogP) is 4.25. The number of fused-ring (bicyclic) bond motifs is 1. The highest BCUT2D eigenvalue weighted by molar-refractivity contribution is 5.92. The van der Waals surface area contributed by atoms with Gasteiger partial charge in [-0.15, -0.1) is 0 Å². The van der Waals surface area contributed by atoms with Crippen molar-refractivity contribution in [3.8, 4) is 0 Å². The van der Waals surface area contributed by atoms with Crippen molar-refractivity contribution in [2.24, 2.45) is 5.92 Å². The second-order valence-electron chi connectivity index (χ2n) is 8.84. The number of nitrogens with zero attached hydrogens (tertiary/aromatic N) is 2. The molecule has 6 heteroatoms. The number of hydrogen-bond acceptors (Lipinski definition) is 3. The Labute approximate surface area is 182 Å². The molecule has 31 heavy (non-hydrogen) atoms. The number of aromatic nitrogens is 2. The van der Waals surface area contributed by atoms with Gasteiger partial charge in [-0.25, -0.2) is 0 Å². The number of carbonyl (C=O) groups is 2. The van der Waals surface area contributed by atoms with Crippen LogP contribution in [0.4, 0.5) is 5.82 Å². The Kier molecular flexibility index (Phi) is 5.45. The van der Waals surface area contributed by atoms with Crippen molar-refractivity contribution >= 4 is 28.4 Å². The molecule has 3 aromatic rings. The molecule has 0 radical (unpaired) electrons. The normalized spacial score (nSPS) is 17.5. The highest BCUT2D eigenvalue weighted by Gasteiger charge is 2.32. The Hall–Kier alpha value is -3.15. The zero-order valence-electron chi connectivity index (χ0n) is 17.6. The van der Waals surface area contributed by atoms with E-state index < -0.39 is 0 Å². The highest BCUT2D eigenvalue weighted by Crippen LogP contribution is 2.32. The summed E-state index contributed by atoms with van der Waals surface area (Å²) in [5, 5.41) is 12.6. The fraction of sp³-hybridized carbons (Fsp3) is 0.400. The molecule has 0 bridgehead atoms. The molecule has 1 aliphatic carbocycles. The average molecular weight is 417 g/mol. The van der Waals surface area contributed by atoms with E-state index in [4.69, 9.17) is 0 Å². The largest absolute Gasteiger partial charge is 0.342 e. The van der Waals surface area contributed by atoms with Crippen LogP contribution in [0.2, 0.25) is 0 Å². The van der Waals surface area contributed by atoms with Gasteiger partial charge in [0.05, 0.1) is 6.42 Å². The van der Waals surface area contributed by atoms with Gasteiger partial charge in [-0.05, 0) is 42.0 Å². The van der Waals surface area contributed by atoms with Gasteiger partial charge in [0.15, 0.2) is 5.82 Å². The SMILES string of the molecule is O=C(Cc1ccc2ccccc2c1)Nc1cc(C2CCN(C(=O)C3CCC3)CC2)[nH]n1. The number of nitrogens with one attached hydrogen (secondary N) is 2. The maximum Gasteiger partial charge on any atom is 0.229 e. The molecule has 0 unspecified atom stereocenters. The smallest absolute Gasteiger partial charge is 0.229 e. The lowest BCUT2D eigenvalue weighted by Gasteiger charge is -2.36. The lowest BCUT2D eigenvalue weighted by molar-refractivity contribution is -0.139. The molecule has 1 saturated heterocycles. The molecule has 1 saturated carbocycles. The van der Waals surface area contributed by atoms with Crippen LogP contribution < -0.4 is 5.32 Å². The quantitative estimate of drug-likeness (QED) is 0.653. The van der Waals surface area contributed by atoms with Crippen molar-refractivity contribution in [3.05, 3.63) is 59.8 Å². The molecule has 5 rings (SSSR count). The standard InChI is InChI=1S/C25H28N4O2/c30-24(15-17-8-9-18-4-1-2-5-21(18)14-17)26-23-16-22(27-28-23)19-10-12-29(13-11-19)25(31)20-6-3-7-20/h1-2,4-5,8-9,14,16,19-20H,3,6-7,10-13,15H2,(H2,26,27,28,30). The maximum absolute atomic E-state index is 12.5. The first-order valence-corrected chi connectivity index (χ1v) is 11.3. The molecule has 2 amide bonds. The van der Waals surface area contributed by atoms with Crippen LogP contribution in [0.25, 0.3) is 10.8 Å². The number of likely N-dealkylation sites (tertiary alicyclic amines) is 1. The molecule has 2 heterocycles. The Morgan fingerprint density at radius 2 is 1.77 bits per heavy atom. The van der Waals surface area contributed by atoms with E-state index in [-0.39, 0.29) is 11.8 Å². The second kappa shape index (κ2) is 8.53. The fourth-order valence-electron chi connectivity index (χ4n) is 4.66. The van der Waals surface area contributed by atoms with Gasteiger partial charge >= 0.3 is 0 Å². The van der Waals surface area contributed by atoms with Gasteiger partial charge in [-0.3, -0.25) is 14.7 Å². The van der Waals surface area contributed by atoms with E-state index in [0.29, 0.717) is 24.1 Å². The zero-order chi connectivity index (χ0) is 21.2. The number of anilines is 1. The summed E-state index contributed by atoms with van der Waals surface area (Å²) < 4.78 is 0. The van der Waals surface area contributed by atoms with Gasteiger partial charge in [-0.1, -0.05) is 48.9 Å². The molecule has 0 spiro atoms. The number of piperidine rings is 1. The Balaban J connectivity index is 1.15. The summed E-state index contributed by atoms with van der Waals surface area (Å²) in [6.45, 7) is 1.62. The lowest BCUT2D eigenvalue weighted by Crippen LogP contribution is -2.43. The molecule has 1 aliphatic heterocycles. The number of carbonyl (C=O) groups excluding carboxylic acids is 2. The number of benzene rings is 2. The van der Waals surface area contributed by atoms with Crippen molar-refractivity contribution in [1.82, 2.24) is 15.1 Å². The molecule has 2 N–H and O–H groups in total. The molecule has 6 nitrogen and oxygen atoms in total. The molecule has 2 aliphatic rings. The van der Waals surface area contributed by atoms with Crippen LogP contribution in [0.1, 0.15) is 49.3 Å². The van der Waals surface area contributed by atoms with Gasteiger partial charge in [-0.2, -0.15) is 5.10 Å². The maximum atomic E-state index is 12.5. The van der Waals surface area contributed by atoms with Gasteiger partial charge in [0.2, 0.25) is 11.8 Å². The van der Waals surface area contributed by atoms with E-state index >= 15 is 0 Å². The van der Waals surface area contributed by atoms with E-state index in [2.05, 4.69) is 33.7 Å². The van der Waals surface area contributed by atoms with Crippen LogP contribution >= 0.6 is 0 Å². The van der Waals surface area contributed by atoms with E-state index in [1.807, 2.05) is 35.2 Å². The van der Waals surface area contributed by atoms with Crippen LogP contribution in [0.5, 0.6) is 0 Å². The van der Waals surface area contributed by atoms with Gasteiger partial charge in [0, 0.05) is 36.7 Å². The number of rotatable bonds is 5. The van der Waals surface area contributed by atoms with Gasteiger partial charge < -0.3 is 10.2 Å². The zero-order valence-corrected chi connectivity index (χ0v) is 17.6. The Morgan fingerprint density at radius 3 is 2.52 bits per heavy atom. The van der Waals surface area contributed by atoms with Gasteiger partial charge in [0.1, 0.15) is 0 Å². The monoisotopic (exact) mass is 416 g/mol. The summed E-state index contributed by atoms with van der Waals surface area (Å²) in [4.78, 5) is 27.0. The average Bonchev–Trinajstić information content (AvgIpc) is 3.21. The fourth-order valence-corrected chi connectivity index (χ4v) is 4.66. The van der Waals surface area contributed by atoms with Crippen LogP contribution in [0.15, 0.2) is 48.5 Å². The third-order valence-electron chi connectivity index (χ3n) is 6.74. The molecule has 0 atom stereocenters. The minimum atomic E-state index is -0.0748. The summed E-state index contributed by atoms with van der Waals surface area (Å²) in [6, 6.07) is 16.2. The molecule has 160 valence electrons. The summed E-state index contributed by atoms with van der Waals surface area (Å²) in [5.74, 6) is 1.45. The Bertz CT molecular complexity index is 1090. The summed E-state index contributed by atoms with van der Waals surface area (Å²) >= 11 is 0. The topological polar surface area (TPSA) is 78.1 Å². The first-order valence-electron chi connectivity index (χ1n) is 11.3. The van der Waals surface area contributed by atoms with Crippen molar-refractivity contribution in [2.75, 3.05) is 18.4 Å². The van der Waals surface area contributed by atoms with Crippen LogP contribution in [0, 0.1) is 5.92 Å². The minimum Gasteiger partial charge on any atom is -0.342 e. The molecular formula is C25H28N4O2. The first-order chi connectivity index (χ1) is 15.2. The molecular weight excluding hydrogens is 388 g/mol. The van der Waals surface area contributed by atoms with Crippen molar-refractivity contribution in [2.45, 2.75) is 44.4 Å². The van der Waals surface area contributed by atoms with Crippen molar-refractivity contribution in [3.63, 3.8) is 0 Å². The van der Waals surface area contributed by atoms with Crippen LogP contribution in [0.3, 0.4) is 0 Å². The van der Waals surface area contributed by atoms with Crippen LogP contribution in [-0.4, -0.2) is 40.0 Å². The summed E-state index contributed by atoms with van der Waals surface area (Å²) in [5.41, 5.74) is 2.02. The van der Waals surface area contributed by atoms with E-state index in [0.717, 1.165) is 55.4 Å². The number of amides is 2. The second-order valence-corrected chi connectivity index (χ2v) is 8.84. The van der Waals surface area contributed by atoms with E-state index in [9.17, 15) is 9.59 Å². The first kappa shape index (κ1) is 19.8. The lowest BCUT2D eigenvalue weighted by atomic mass is 9.83. The van der Waals surface area contributed by atoms with E-state index in [1.165, 1.54) is 11.8 Å². The Morgan fingerprint density at radius 1 is 1.00 bits per heavy atom. The van der Waals surface area contributed by atoms with E-state index in [1.54, 1.807) is 0 Å². The predicted molar refractivity (Wildman–Crippen MR) is 121 cm³/mol.